The van der Waals surface area contributed by atoms with Crippen LogP contribution < -0.4 is 10.1 Å². The first kappa shape index (κ1) is 21.5. The molecule has 7 heteroatoms. The van der Waals surface area contributed by atoms with Gasteiger partial charge in [-0.25, -0.2) is 4.79 Å². The number of hydrogen-bond donors (Lipinski definition) is 1. The molecule has 6 nitrogen and oxygen atoms in total. The summed E-state index contributed by atoms with van der Waals surface area (Å²) in [6.07, 6.45) is 1.41. The number of esters is 1. The minimum absolute atomic E-state index is 0.0838. The fourth-order valence-corrected chi connectivity index (χ4v) is 4.14. The van der Waals surface area contributed by atoms with E-state index in [4.69, 9.17) is 21.4 Å². The number of rotatable bonds is 6. The Labute approximate surface area is 191 Å². The van der Waals surface area contributed by atoms with Gasteiger partial charge in [-0.15, -0.1) is 0 Å². The molecule has 2 heterocycles. The number of allylic oxidation sites excluding steroid dienone is 1. The maximum atomic E-state index is 13.5. The maximum absolute atomic E-state index is 13.5. The smallest absolute Gasteiger partial charge is 0.379 e. The highest BCUT2D eigenvalue weighted by molar-refractivity contribution is 7.80. The van der Waals surface area contributed by atoms with Crippen molar-refractivity contribution in [2.75, 3.05) is 6.54 Å². The summed E-state index contributed by atoms with van der Waals surface area (Å²) in [6.45, 7) is 4.52. The molecule has 1 N–H and O–H groups in total. The fraction of sp³-hybridized carbons (Fsp3) is 0.160. The summed E-state index contributed by atoms with van der Waals surface area (Å²) in [4.78, 5) is 27.7. The summed E-state index contributed by atoms with van der Waals surface area (Å²) >= 11 is 5.57. The minimum Gasteiger partial charge on any atom is -0.457 e. The lowest BCUT2D eigenvalue weighted by molar-refractivity contribution is 0.0701. The first-order valence-corrected chi connectivity index (χ1v) is 10.6. The molecule has 4 rings (SSSR count). The van der Waals surface area contributed by atoms with Crippen LogP contribution in [0.2, 0.25) is 0 Å². The van der Waals surface area contributed by atoms with E-state index in [1.54, 1.807) is 36.4 Å². The number of Topliss-reactive ketones (excluding diaryl/α,β-unsaturated/α-hetero) is 1. The molecule has 0 aliphatic carbocycles. The Bertz CT molecular complexity index is 1190. The second-order valence-corrected chi connectivity index (χ2v) is 7.65. The van der Waals surface area contributed by atoms with Crippen LogP contribution in [0.25, 0.3) is 0 Å². The zero-order valence-electron chi connectivity index (χ0n) is 17.7. The van der Waals surface area contributed by atoms with Gasteiger partial charge in [-0.3, -0.25) is 4.79 Å². The van der Waals surface area contributed by atoms with Crippen molar-refractivity contribution < 1.29 is 18.7 Å². The van der Waals surface area contributed by atoms with Crippen LogP contribution in [0, 0.1) is 0 Å². The zero-order valence-corrected chi connectivity index (χ0v) is 18.5. The Morgan fingerprint density at radius 1 is 1.09 bits per heavy atom. The van der Waals surface area contributed by atoms with Crippen LogP contribution in [0.3, 0.4) is 0 Å². The van der Waals surface area contributed by atoms with Gasteiger partial charge in [0.2, 0.25) is 5.76 Å². The van der Waals surface area contributed by atoms with Crippen molar-refractivity contribution in [1.82, 2.24) is 10.2 Å². The number of nitrogens with zero attached hydrogens (tertiary/aromatic N) is 1. The molecule has 0 saturated heterocycles. The van der Waals surface area contributed by atoms with Gasteiger partial charge in [-0.1, -0.05) is 42.5 Å². The van der Waals surface area contributed by atoms with Crippen molar-refractivity contribution in [1.29, 1.82) is 0 Å². The molecular formula is C25H22N2O4S. The van der Waals surface area contributed by atoms with E-state index in [9.17, 15) is 9.59 Å². The molecule has 3 aromatic rings. The van der Waals surface area contributed by atoms with Gasteiger partial charge in [-0.2, -0.15) is 0 Å². The standard InChI is InChI=1S/C25H22N2O4S/c1-3-27-16(2)21(23(28)17-9-5-4-6-10-17)22(26-25(27)32)18-11-7-12-19(15-18)31-24(29)20-13-8-14-30-20/h4-15,22H,3H2,1-2H3,(H,26,32). The molecule has 1 aromatic heterocycles. The van der Waals surface area contributed by atoms with E-state index in [0.717, 1.165) is 11.3 Å². The first-order chi connectivity index (χ1) is 15.5. The Kier molecular flexibility index (Phi) is 6.18. The lowest BCUT2D eigenvalue weighted by Crippen LogP contribution is -2.47. The van der Waals surface area contributed by atoms with Gasteiger partial charge >= 0.3 is 5.97 Å². The van der Waals surface area contributed by atoms with Crippen LogP contribution in [0.5, 0.6) is 5.75 Å². The summed E-state index contributed by atoms with van der Waals surface area (Å²) in [5.41, 5.74) is 2.75. The number of thiocarbonyl (C=S) groups is 1. The number of furan rings is 1. The Hall–Kier alpha value is -3.71. The van der Waals surface area contributed by atoms with E-state index < -0.39 is 12.0 Å². The zero-order chi connectivity index (χ0) is 22.7. The van der Waals surface area contributed by atoms with Gasteiger partial charge in [0.1, 0.15) is 5.75 Å². The maximum Gasteiger partial charge on any atom is 0.379 e. The van der Waals surface area contributed by atoms with Gasteiger partial charge in [0, 0.05) is 23.4 Å². The molecule has 0 bridgehead atoms. The number of ether oxygens (including phenoxy) is 1. The molecule has 2 aromatic carbocycles. The second-order valence-electron chi connectivity index (χ2n) is 7.26. The molecule has 1 aliphatic rings. The highest BCUT2D eigenvalue weighted by atomic mass is 32.1. The van der Waals surface area contributed by atoms with E-state index in [0.29, 0.717) is 28.5 Å². The molecule has 0 radical (unpaired) electrons. The number of benzene rings is 2. The monoisotopic (exact) mass is 446 g/mol. The quantitative estimate of drug-likeness (QED) is 0.250. The van der Waals surface area contributed by atoms with E-state index in [-0.39, 0.29) is 11.5 Å². The van der Waals surface area contributed by atoms with Crippen LogP contribution in [0.1, 0.15) is 46.4 Å². The van der Waals surface area contributed by atoms with E-state index in [2.05, 4.69) is 5.32 Å². The number of carbonyl (C=O) groups is 2. The molecule has 1 aliphatic heterocycles. The second kappa shape index (κ2) is 9.20. The third-order valence-electron chi connectivity index (χ3n) is 5.32. The van der Waals surface area contributed by atoms with Gasteiger partial charge in [0.25, 0.3) is 0 Å². The molecule has 1 atom stereocenters. The summed E-state index contributed by atoms with van der Waals surface area (Å²) in [5.74, 6) is -0.219. The first-order valence-electron chi connectivity index (χ1n) is 10.2. The Morgan fingerprint density at radius 2 is 1.88 bits per heavy atom. The van der Waals surface area contributed by atoms with E-state index in [1.165, 1.54) is 12.3 Å². The number of nitrogens with one attached hydrogen (secondary N) is 1. The average Bonchev–Trinajstić information content (AvgIpc) is 3.35. The number of ketones is 1. The van der Waals surface area contributed by atoms with Crippen LogP contribution >= 0.6 is 12.2 Å². The van der Waals surface area contributed by atoms with E-state index in [1.807, 2.05) is 43.0 Å². The molecule has 0 spiro atoms. The molecule has 0 saturated carbocycles. The molecule has 1 unspecified atom stereocenters. The summed E-state index contributed by atoms with van der Waals surface area (Å²) in [6, 6.07) is 18.9. The van der Waals surface area contributed by atoms with E-state index >= 15 is 0 Å². The summed E-state index contributed by atoms with van der Waals surface area (Å²) < 4.78 is 10.6. The molecule has 0 amide bonds. The van der Waals surface area contributed by atoms with Crippen LogP contribution in [-0.4, -0.2) is 28.3 Å². The molecule has 32 heavy (non-hydrogen) atoms. The topological polar surface area (TPSA) is 71.8 Å². The highest BCUT2D eigenvalue weighted by Crippen LogP contribution is 2.34. The fourth-order valence-electron chi connectivity index (χ4n) is 3.76. The summed E-state index contributed by atoms with van der Waals surface area (Å²) in [7, 11) is 0. The highest BCUT2D eigenvalue weighted by Gasteiger charge is 2.33. The van der Waals surface area contributed by atoms with Crippen molar-refractivity contribution in [2.45, 2.75) is 19.9 Å². The SMILES string of the molecule is CCN1C(=S)NC(c2cccc(OC(=O)c3ccco3)c2)C(C(=O)c2ccccc2)=C1C. The predicted molar refractivity (Wildman–Crippen MR) is 124 cm³/mol. The number of hydrogen-bond acceptors (Lipinski definition) is 5. The van der Waals surface area contributed by atoms with Gasteiger partial charge in [0.05, 0.1) is 12.3 Å². The molecule has 162 valence electrons. The molecule has 0 fully saturated rings. The Balaban J connectivity index is 1.72. The normalized spacial score (nSPS) is 16.0. The van der Waals surface area contributed by atoms with Gasteiger partial charge in [-0.05, 0) is 55.9 Å². The van der Waals surface area contributed by atoms with Crippen molar-refractivity contribution in [3.05, 3.63) is 101 Å². The van der Waals surface area contributed by atoms with Crippen molar-refractivity contribution in [3.63, 3.8) is 0 Å². The largest absolute Gasteiger partial charge is 0.457 e. The van der Waals surface area contributed by atoms with Crippen molar-refractivity contribution >= 4 is 29.1 Å². The van der Waals surface area contributed by atoms with Crippen molar-refractivity contribution in [3.8, 4) is 5.75 Å². The van der Waals surface area contributed by atoms with Crippen LogP contribution in [-0.2, 0) is 0 Å². The van der Waals surface area contributed by atoms with Crippen LogP contribution in [0.15, 0.2) is 88.7 Å². The average molecular weight is 447 g/mol. The van der Waals surface area contributed by atoms with Gasteiger partial charge < -0.3 is 19.4 Å². The third-order valence-corrected chi connectivity index (χ3v) is 5.66. The number of carbonyl (C=O) groups excluding carboxylic acids is 2. The minimum atomic E-state index is -0.594. The van der Waals surface area contributed by atoms with Gasteiger partial charge in [0.15, 0.2) is 10.9 Å². The molecular weight excluding hydrogens is 424 g/mol. The lowest BCUT2D eigenvalue weighted by atomic mass is 9.89. The Morgan fingerprint density at radius 3 is 2.56 bits per heavy atom. The third kappa shape index (κ3) is 4.20. The lowest BCUT2D eigenvalue weighted by Gasteiger charge is -2.37. The van der Waals surface area contributed by atoms with Crippen LogP contribution in [0.4, 0.5) is 0 Å². The predicted octanol–water partition coefficient (Wildman–Crippen LogP) is 4.91. The summed E-state index contributed by atoms with van der Waals surface area (Å²) in [5, 5.41) is 3.83. The van der Waals surface area contributed by atoms with Crippen molar-refractivity contribution in [2.24, 2.45) is 0 Å².